The summed E-state index contributed by atoms with van der Waals surface area (Å²) in [5.41, 5.74) is 6.35. The molecule has 0 fully saturated rings. The molecule has 1 rings (SSSR count). The highest BCUT2D eigenvalue weighted by Crippen LogP contribution is 2.23. The maximum absolute atomic E-state index is 12.2. The van der Waals surface area contributed by atoms with Gasteiger partial charge in [0.15, 0.2) is 0 Å². The van der Waals surface area contributed by atoms with E-state index in [-0.39, 0.29) is 11.5 Å². The maximum Gasteiger partial charge on any atom is 0.257 e. The van der Waals surface area contributed by atoms with Crippen LogP contribution < -0.4 is 21.1 Å². The molecule has 21 heavy (non-hydrogen) atoms. The van der Waals surface area contributed by atoms with Gasteiger partial charge in [-0.3, -0.25) is 9.59 Å². The number of nitrogens with one attached hydrogen (secondary N) is 2. The SMILES string of the molecule is COc1cccc(N)c1C(=O)NC(C)C(=O)NCC(C)C. The predicted molar refractivity (Wildman–Crippen MR) is 82.2 cm³/mol. The lowest BCUT2D eigenvalue weighted by atomic mass is 10.1. The quantitative estimate of drug-likeness (QED) is 0.686. The number of carbonyl (C=O) groups excluding carboxylic acids is 2. The summed E-state index contributed by atoms with van der Waals surface area (Å²) in [7, 11) is 1.46. The Morgan fingerprint density at radius 1 is 1.29 bits per heavy atom. The summed E-state index contributed by atoms with van der Waals surface area (Å²) < 4.78 is 5.13. The van der Waals surface area contributed by atoms with Gasteiger partial charge in [-0.25, -0.2) is 0 Å². The highest BCUT2D eigenvalue weighted by Gasteiger charge is 2.20. The molecule has 0 saturated carbocycles. The fraction of sp³-hybridized carbons (Fsp3) is 0.467. The van der Waals surface area contributed by atoms with Gasteiger partial charge in [0.05, 0.1) is 7.11 Å². The van der Waals surface area contributed by atoms with Crippen molar-refractivity contribution in [2.75, 3.05) is 19.4 Å². The highest BCUT2D eigenvalue weighted by molar-refractivity contribution is 6.03. The van der Waals surface area contributed by atoms with Crippen LogP contribution in [0.3, 0.4) is 0 Å². The lowest BCUT2D eigenvalue weighted by Gasteiger charge is -2.17. The molecule has 0 saturated heterocycles. The van der Waals surface area contributed by atoms with Crippen LogP contribution in [-0.2, 0) is 4.79 Å². The molecule has 0 heterocycles. The molecule has 1 atom stereocenters. The van der Waals surface area contributed by atoms with Crippen molar-refractivity contribution in [3.8, 4) is 5.75 Å². The largest absolute Gasteiger partial charge is 0.496 e. The molecule has 4 N–H and O–H groups in total. The first-order chi connectivity index (χ1) is 9.86. The van der Waals surface area contributed by atoms with E-state index < -0.39 is 11.9 Å². The molecular weight excluding hydrogens is 270 g/mol. The summed E-state index contributed by atoms with van der Waals surface area (Å²) in [6, 6.07) is 4.31. The van der Waals surface area contributed by atoms with Crippen LogP contribution in [0.15, 0.2) is 18.2 Å². The van der Waals surface area contributed by atoms with E-state index in [1.807, 2.05) is 13.8 Å². The number of amides is 2. The zero-order valence-corrected chi connectivity index (χ0v) is 12.9. The number of benzene rings is 1. The van der Waals surface area contributed by atoms with Crippen LogP contribution in [0.2, 0.25) is 0 Å². The molecule has 0 aromatic heterocycles. The minimum Gasteiger partial charge on any atom is -0.496 e. The second-order valence-electron chi connectivity index (χ2n) is 5.26. The van der Waals surface area contributed by atoms with Gasteiger partial charge in [-0.1, -0.05) is 19.9 Å². The van der Waals surface area contributed by atoms with Gasteiger partial charge in [0.1, 0.15) is 17.4 Å². The molecule has 1 aromatic carbocycles. The standard InChI is InChI=1S/C15H23N3O3/c1-9(2)8-17-14(19)10(3)18-15(20)13-11(16)6-5-7-12(13)21-4/h5-7,9-10H,8,16H2,1-4H3,(H,17,19)(H,18,20). The average Bonchev–Trinajstić information content (AvgIpc) is 2.43. The summed E-state index contributed by atoms with van der Waals surface area (Å²) in [6.45, 7) is 6.19. The van der Waals surface area contributed by atoms with E-state index in [0.717, 1.165) is 0 Å². The van der Waals surface area contributed by atoms with Crippen molar-refractivity contribution in [1.82, 2.24) is 10.6 Å². The van der Waals surface area contributed by atoms with Crippen molar-refractivity contribution >= 4 is 17.5 Å². The van der Waals surface area contributed by atoms with E-state index in [4.69, 9.17) is 10.5 Å². The second kappa shape index (κ2) is 7.52. The number of nitrogens with two attached hydrogens (primary N) is 1. The Bertz CT molecular complexity index is 515. The first kappa shape index (κ1) is 16.8. The zero-order valence-electron chi connectivity index (χ0n) is 12.9. The molecule has 0 aliphatic carbocycles. The van der Waals surface area contributed by atoms with Crippen molar-refractivity contribution in [2.45, 2.75) is 26.8 Å². The lowest BCUT2D eigenvalue weighted by Crippen LogP contribution is -2.45. The third kappa shape index (κ3) is 4.66. The number of hydrogen-bond acceptors (Lipinski definition) is 4. The third-order valence-electron chi connectivity index (χ3n) is 2.93. The van der Waals surface area contributed by atoms with Crippen LogP contribution in [0.25, 0.3) is 0 Å². The smallest absolute Gasteiger partial charge is 0.257 e. The summed E-state index contributed by atoms with van der Waals surface area (Å²) in [4.78, 5) is 24.1. The van der Waals surface area contributed by atoms with Gasteiger partial charge >= 0.3 is 0 Å². The number of anilines is 1. The molecule has 1 unspecified atom stereocenters. The predicted octanol–water partition coefficient (Wildman–Crippen LogP) is 1.17. The number of rotatable bonds is 6. The number of nitrogen functional groups attached to an aromatic ring is 1. The number of methoxy groups -OCH3 is 1. The minimum atomic E-state index is -0.652. The Hall–Kier alpha value is -2.24. The molecule has 0 radical (unpaired) electrons. The molecule has 0 bridgehead atoms. The maximum atomic E-state index is 12.2. The van der Waals surface area contributed by atoms with E-state index in [9.17, 15) is 9.59 Å². The normalized spacial score (nSPS) is 11.9. The molecule has 6 nitrogen and oxygen atoms in total. The third-order valence-corrected chi connectivity index (χ3v) is 2.93. The Balaban J connectivity index is 2.75. The first-order valence-corrected chi connectivity index (χ1v) is 6.87. The van der Waals surface area contributed by atoms with Crippen molar-refractivity contribution < 1.29 is 14.3 Å². The van der Waals surface area contributed by atoms with Gasteiger partial charge in [0.25, 0.3) is 5.91 Å². The summed E-state index contributed by atoms with van der Waals surface area (Å²) >= 11 is 0. The Morgan fingerprint density at radius 2 is 1.95 bits per heavy atom. The van der Waals surface area contributed by atoms with Crippen LogP contribution >= 0.6 is 0 Å². The second-order valence-corrected chi connectivity index (χ2v) is 5.26. The Labute approximate surface area is 125 Å². The number of ether oxygens (including phenoxy) is 1. The van der Waals surface area contributed by atoms with Crippen LogP contribution in [0.1, 0.15) is 31.1 Å². The van der Waals surface area contributed by atoms with Crippen LogP contribution in [0.5, 0.6) is 5.75 Å². The average molecular weight is 293 g/mol. The van der Waals surface area contributed by atoms with Gasteiger partial charge in [-0.15, -0.1) is 0 Å². The Kier molecular flexibility index (Phi) is 6.02. The number of hydrogen-bond donors (Lipinski definition) is 3. The van der Waals surface area contributed by atoms with Crippen LogP contribution in [0, 0.1) is 5.92 Å². The molecule has 1 aromatic rings. The molecule has 0 aliphatic heterocycles. The highest BCUT2D eigenvalue weighted by atomic mass is 16.5. The fourth-order valence-corrected chi connectivity index (χ4v) is 1.75. The van der Waals surface area contributed by atoms with Crippen molar-refractivity contribution in [1.29, 1.82) is 0 Å². The van der Waals surface area contributed by atoms with Crippen LogP contribution in [0.4, 0.5) is 5.69 Å². The van der Waals surface area contributed by atoms with Crippen molar-refractivity contribution in [3.05, 3.63) is 23.8 Å². The Morgan fingerprint density at radius 3 is 2.52 bits per heavy atom. The minimum absolute atomic E-state index is 0.231. The van der Waals surface area contributed by atoms with Gasteiger partial charge in [-0.2, -0.15) is 0 Å². The van der Waals surface area contributed by atoms with Gasteiger partial charge in [0.2, 0.25) is 5.91 Å². The van der Waals surface area contributed by atoms with Gasteiger partial charge < -0.3 is 21.1 Å². The monoisotopic (exact) mass is 293 g/mol. The van der Waals surface area contributed by atoms with E-state index in [2.05, 4.69) is 10.6 Å². The topological polar surface area (TPSA) is 93.4 Å². The first-order valence-electron chi connectivity index (χ1n) is 6.87. The molecule has 6 heteroatoms. The van der Waals surface area contributed by atoms with E-state index in [0.29, 0.717) is 23.9 Å². The number of carbonyl (C=O) groups is 2. The van der Waals surface area contributed by atoms with E-state index in [1.54, 1.807) is 25.1 Å². The van der Waals surface area contributed by atoms with Gasteiger partial charge in [-0.05, 0) is 25.0 Å². The van der Waals surface area contributed by atoms with Crippen LogP contribution in [-0.4, -0.2) is 31.5 Å². The summed E-state index contributed by atoms with van der Waals surface area (Å²) in [6.07, 6.45) is 0. The molecule has 116 valence electrons. The van der Waals surface area contributed by atoms with Gasteiger partial charge in [0, 0.05) is 12.2 Å². The van der Waals surface area contributed by atoms with E-state index >= 15 is 0 Å². The fourth-order valence-electron chi connectivity index (χ4n) is 1.75. The molecule has 2 amide bonds. The lowest BCUT2D eigenvalue weighted by molar-refractivity contribution is -0.122. The summed E-state index contributed by atoms with van der Waals surface area (Å²) in [5.74, 6) is 0.0617. The van der Waals surface area contributed by atoms with Crippen molar-refractivity contribution in [3.63, 3.8) is 0 Å². The summed E-state index contributed by atoms with van der Waals surface area (Å²) in [5, 5.41) is 5.39. The molecule has 0 spiro atoms. The van der Waals surface area contributed by atoms with Crippen molar-refractivity contribution in [2.24, 2.45) is 5.92 Å². The molecule has 0 aliphatic rings. The molecular formula is C15H23N3O3. The van der Waals surface area contributed by atoms with E-state index in [1.165, 1.54) is 7.11 Å². The zero-order chi connectivity index (χ0) is 16.0.